The van der Waals surface area contributed by atoms with Gasteiger partial charge in [0.2, 0.25) is 0 Å². The Bertz CT molecular complexity index is 4030. The van der Waals surface area contributed by atoms with E-state index >= 15 is 0 Å². The fourth-order valence-corrected chi connectivity index (χ4v) is 12.6. The molecule has 67 heavy (non-hydrogen) atoms. The van der Waals surface area contributed by atoms with Gasteiger partial charge in [-0.25, -0.2) is 4.98 Å². The molecule has 0 N–H and O–H groups in total. The summed E-state index contributed by atoms with van der Waals surface area (Å²) >= 11 is 1.89. The zero-order valence-corrected chi connectivity index (χ0v) is 37.2. The van der Waals surface area contributed by atoms with E-state index in [9.17, 15) is 0 Å². The van der Waals surface area contributed by atoms with E-state index in [1.54, 1.807) is 0 Å². The van der Waals surface area contributed by atoms with Crippen molar-refractivity contribution in [1.82, 2.24) is 9.38 Å². The van der Waals surface area contributed by atoms with Gasteiger partial charge in [-0.05, 0) is 91.4 Å². The van der Waals surface area contributed by atoms with E-state index < -0.39 is 5.41 Å². The highest BCUT2D eigenvalue weighted by Gasteiger charge is 2.46. The lowest BCUT2D eigenvalue weighted by Gasteiger charge is -2.34. The van der Waals surface area contributed by atoms with Gasteiger partial charge in [0.05, 0.1) is 22.3 Å². The monoisotopic (exact) mass is 868 g/mol. The minimum Gasteiger partial charge on any atom is -0.291 e. The number of imidazole rings is 1. The summed E-state index contributed by atoms with van der Waals surface area (Å²) in [4.78, 5) is 5.46. The van der Waals surface area contributed by atoms with Crippen molar-refractivity contribution in [3.8, 4) is 55.9 Å². The Hall–Kier alpha value is -8.37. The Morgan fingerprint density at radius 3 is 1.60 bits per heavy atom. The lowest BCUT2D eigenvalue weighted by atomic mass is 9.67. The largest absolute Gasteiger partial charge is 0.291 e. The van der Waals surface area contributed by atoms with Crippen LogP contribution in [0.3, 0.4) is 0 Å². The number of aromatic nitrogens is 2. The van der Waals surface area contributed by atoms with Crippen molar-refractivity contribution in [3.63, 3.8) is 0 Å². The van der Waals surface area contributed by atoms with Gasteiger partial charge >= 0.3 is 0 Å². The molecule has 1 aliphatic carbocycles. The first-order valence-corrected chi connectivity index (χ1v) is 23.8. The standard InChI is InChI=1S/C64H40N2S/c1-5-18-41(19-6-1)60-61(42-20-7-2-8-21-42)66-58-37-34-43(38-55(58)49-26-13-14-28-54(49)63(66)65-60)44-32-35-50-51-36-33-45(48-29-17-30-53-52-27-15-16-31-59(52)67-62(48)53)40-57(51)64(56(50)39-44,46-22-9-3-10-23-46)47-24-11-4-12-25-47/h1-40H. The van der Waals surface area contributed by atoms with Gasteiger partial charge < -0.3 is 0 Å². The topological polar surface area (TPSA) is 17.3 Å². The maximum absolute atomic E-state index is 5.46. The fraction of sp³-hybridized carbons (Fsp3) is 0.0156. The molecule has 312 valence electrons. The van der Waals surface area contributed by atoms with Gasteiger partial charge in [0, 0.05) is 42.1 Å². The first-order valence-electron chi connectivity index (χ1n) is 23.0. The highest BCUT2D eigenvalue weighted by atomic mass is 32.1. The highest BCUT2D eigenvalue weighted by molar-refractivity contribution is 7.26. The third-order valence-corrected chi connectivity index (χ3v) is 15.5. The van der Waals surface area contributed by atoms with E-state index in [4.69, 9.17) is 4.98 Å². The van der Waals surface area contributed by atoms with Crippen LogP contribution < -0.4 is 0 Å². The Morgan fingerprint density at radius 2 is 0.896 bits per heavy atom. The van der Waals surface area contributed by atoms with Gasteiger partial charge in [-0.1, -0.05) is 212 Å². The number of hydrogen-bond donors (Lipinski definition) is 0. The Morgan fingerprint density at radius 1 is 0.358 bits per heavy atom. The van der Waals surface area contributed by atoms with E-state index in [1.165, 1.54) is 86.6 Å². The molecule has 14 rings (SSSR count). The number of fused-ring (bicyclic) bond motifs is 12. The number of hydrogen-bond acceptors (Lipinski definition) is 2. The van der Waals surface area contributed by atoms with Crippen LogP contribution in [0.1, 0.15) is 22.3 Å². The fourth-order valence-electron chi connectivity index (χ4n) is 11.3. The predicted octanol–water partition coefficient (Wildman–Crippen LogP) is 17.0. The number of rotatable bonds is 6. The molecule has 0 bridgehead atoms. The Balaban J connectivity index is 1.01. The third kappa shape index (κ3) is 5.59. The highest BCUT2D eigenvalue weighted by Crippen LogP contribution is 2.58. The normalized spacial score (nSPS) is 12.9. The quantitative estimate of drug-likeness (QED) is 0.152. The molecule has 0 saturated carbocycles. The minimum atomic E-state index is -0.571. The second kappa shape index (κ2) is 14.8. The molecule has 0 radical (unpaired) electrons. The van der Waals surface area contributed by atoms with Gasteiger partial charge in [-0.2, -0.15) is 0 Å². The summed E-state index contributed by atoms with van der Waals surface area (Å²) in [6.07, 6.45) is 0. The molecule has 0 amide bonds. The first-order chi connectivity index (χ1) is 33.2. The molecule has 2 nitrogen and oxygen atoms in total. The second-order valence-corrected chi connectivity index (χ2v) is 18.8. The van der Waals surface area contributed by atoms with Crippen molar-refractivity contribution < 1.29 is 0 Å². The molecule has 0 unspecified atom stereocenters. The number of thiophene rings is 1. The Labute approximate surface area is 392 Å². The van der Waals surface area contributed by atoms with Crippen LogP contribution >= 0.6 is 11.3 Å². The van der Waals surface area contributed by atoms with E-state index in [0.717, 1.165) is 39.1 Å². The summed E-state index contributed by atoms with van der Waals surface area (Å²) in [5.41, 5.74) is 18.3. The summed E-state index contributed by atoms with van der Waals surface area (Å²) in [6, 6.07) is 89.5. The SMILES string of the molecule is c1ccc(-c2nc3c4ccccc4c4cc(-c5ccc6c(c5)C(c5ccccc5)(c5ccccc5)c5cc(-c7cccc8c7sc7ccccc78)ccc5-6)ccc4n3c2-c2ccccc2)cc1. The van der Waals surface area contributed by atoms with E-state index in [0.29, 0.717) is 0 Å². The molecule has 3 heterocycles. The van der Waals surface area contributed by atoms with E-state index in [-0.39, 0.29) is 0 Å². The zero-order valence-electron chi connectivity index (χ0n) is 36.4. The molecule has 3 aromatic heterocycles. The first kappa shape index (κ1) is 38.0. The van der Waals surface area contributed by atoms with Crippen LogP contribution in [-0.2, 0) is 5.41 Å². The van der Waals surface area contributed by atoms with E-state index in [1.807, 2.05) is 11.3 Å². The van der Waals surface area contributed by atoms with Crippen molar-refractivity contribution in [1.29, 1.82) is 0 Å². The average molecular weight is 869 g/mol. The van der Waals surface area contributed by atoms with Gasteiger partial charge in [0.1, 0.15) is 5.65 Å². The van der Waals surface area contributed by atoms with Crippen molar-refractivity contribution in [2.45, 2.75) is 5.41 Å². The van der Waals surface area contributed by atoms with Gasteiger partial charge in [0.25, 0.3) is 0 Å². The van der Waals surface area contributed by atoms with Crippen LogP contribution in [0.4, 0.5) is 0 Å². The number of nitrogens with zero attached hydrogens (tertiary/aromatic N) is 2. The lowest BCUT2D eigenvalue weighted by molar-refractivity contribution is 0.769. The molecule has 0 saturated heterocycles. The van der Waals surface area contributed by atoms with Crippen LogP contribution in [0.5, 0.6) is 0 Å². The van der Waals surface area contributed by atoms with E-state index in [2.05, 4.69) is 247 Å². The number of benzene rings is 10. The maximum Gasteiger partial charge on any atom is 0.146 e. The third-order valence-electron chi connectivity index (χ3n) is 14.3. The summed E-state index contributed by atoms with van der Waals surface area (Å²) in [7, 11) is 0. The molecular weight excluding hydrogens is 829 g/mol. The summed E-state index contributed by atoms with van der Waals surface area (Å²) in [5.74, 6) is 0. The van der Waals surface area contributed by atoms with Crippen molar-refractivity contribution in [2.75, 3.05) is 0 Å². The number of pyridine rings is 1. The van der Waals surface area contributed by atoms with Gasteiger partial charge in [-0.15, -0.1) is 11.3 Å². The summed E-state index contributed by atoms with van der Waals surface area (Å²) < 4.78 is 5.04. The Kier molecular flexibility index (Phi) is 8.40. The van der Waals surface area contributed by atoms with Crippen molar-refractivity contribution >= 4 is 58.8 Å². The summed E-state index contributed by atoms with van der Waals surface area (Å²) in [6.45, 7) is 0. The molecule has 13 aromatic rings. The molecule has 0 fully saturated rings. The van der Waals surface area contributed by atoms with Crippen molar-refractivity contribution in [2.24, 2.45) is 0 Å². The molecule has 3 heteroatoms. The van der Waals surface area contributed by atoms with Gasteiger partial charge in [0.15, 0.2) is 0 Å². The zero-order chi connectivity index (χ0) is 44.1. The maximum atomic E-state index is 5.46. The van der Waals surface area contributed by atoms with Gasteiger partial charge in [-0.3, -0.25) is 4.40 Å². The molecule has 10 aromatic carbocycles. The van der Waals surface area contributed by atoms with Crippen LogP contribution in [-0.4, -0.2) is 9.38 Å². The van der Waals surface area contributed by atoms with Crippen LogP contribution in [0.25, 0.3) is 103 Å². The lowest BCUT2D eigenvalue weighted by Crippen LogP contribution is -2.28. The molecule has 0 spiro atoms. The van der Waals surface area contributed by atoms with Crippen LogP contribution in [0.2, 0.25) is 0 Å². The van der Waals surface area contributed by atoms with Crippen LogP contribution in [0.15, 0.2) is 243 Å². The second-order valence-electron chi connectivity index (χ2n) is 17.8. The summed E-state index contributed by atoms with van der Waals surface area (Å²) in [5, 5.41) is 6.14. The smallest absolute Gasteiger partial charge is 0.146 e. The van der Waals surface area contributed by atoms with Crippen LogP contribution in [0, 0.1) is 0 Å². The van der Waals surface area contributed by atoms with Crippen molar-refractivity contribution in [3.05, 3.63) is 265 Å². The minimum absolute atomic E-state index is 0.571. The molecule has 0 atom stereocenters. The molecule has 0 aliphatic heterocycles. The average Bonchev–Trinajstić information content (AvgIpc) is 4.09. The molecule has 1 aliphatic rings. The predicted molar refractivity (Wildman–Crippen MR) is 282 cm³/mol. The molecular formula is C64H40N2S.